The molecule has 1 saturated heterocycles. The number of nitrogens with zero attached hydrogens (tertiary/aromatic N) is 5. The van der Waals surface area contributed by atoms with Crippen molar-refractivity contribution in [3.8, 4) is 0 Å². The first kappa shape index (κ1) is 20.9. The lowest BCUT2D eigenvalue weighted by Crippen LogP contribution is -2.50. The van der Waals surface area contributed by atoms with Crippen LogP contribution in [0.15, 0.2) is 33.7 Å². The van der Waals surface area contributed by atoms with Gasteiger partial charge < -0.3 is 9.42 Å². The van der Waals surface area contributed by atoms with Gasteiger partial charge in [0.25, 0.3) is 5.69 Å². The van der Waals surface area contributed by atoms with Crippen molar-refractivity contribution >= 4 is 21.6 Å². The molecule has 0 radical (unpaired) electrons. The SMILES string of the molecule is Cc1noc(CCCC(=O)N2CCN(S(=O)(=O)c3ccccc3[N+](=O)[O-])CC2)n1. The molecule has 11 nitrogen and oxygen atoms in total. The number of sulfonamides is 1. The molecule has 0 N–H and O–H groups in total. The lowest BCUT2D eigenvalue weighted by molar-refractivity contribution is -0.387. The van der Waals surface area contributed by atoms with E-state index < -0.39 is 20.6 Å². The molecule has 156 valence electrons. The van der Waals surface area contributed by atoms with Crippen molar-refractivity contribution in [1.82, 2.24) is 19.3 Å². The van der Waals surface area contributed by atoms with Gasteiger partial charge in [0.2, 0.25) is 21.8 Å². The number of nitro groups is 1. The summed E-state index contributed by atoms with van der Waals surface area (Å²) in [6.07, 6.45) is 1.34. The molecule has 0 spiro atoms. The van der Waals surface area contributed by atoms with Crippen LogP contribution in [0.1, 0.15) is 24.6 Å². The van der Waals surface area contributed by atoms with Crippen LogP contribution in [0.25, 0.3) is 0 Å². The summed E-state index contributed by atoms with van der Waals surface area (Å²) < 4.78 is 31.8. The minimum Gasteiger partial charge on any atom is -0.340 e. The van der Waals surface area contributed by atoms with E-state index in [-0.39, 0.29) is 37.0 Å². The fourth-order valence-corrected chi connectivity index (χ4v) is 4.71. The second-order valence-electron chi connectivity index (χ2n) is 6.60. The molecular weight excluding hydrogens is 402 g/mol. The third kappa shape index (κ3) is 4.77. The molecule has 1 aliphatic heterocycles. The first-order valence-electron chi connectivity index (χ1n) is 9.09. The molecule has 1 aromatic heterocycles. The van der Waals surface area contributed by atoms with Crippen molar-refractivity contribution in [2.75, 3.05) is 26.2 Å². The van der Waals surface area contributed by atoms with Gasteiger partial charge >= 0.3 is 0 Å². The number of para-hydroxylation sites is 1. The molecule has 0 atom stereocenters. The van der Waals surface area contributed by atoms with E-state index in [1.165, 1.54) is 22.5 Å². The molecular formula is C17H21N5O6S. The van der Waals surface area contributed by atoms with Gasteiger partial charge in [0, 0.05) is 45.1 Å². The maximum Gasteiger partial charge on any atom is 0.289 e. The highest BCUT2D eigenvalue weighted by molar-refractivity contribution is 7.89. The molecule has 12 heteroatoms. The highest BCUT2D eigenvalue weighted by Gasteiger charge is 2.34. The van der Waals surface area contributed by atoms with Crippen LogP contribution < -0.4 is 0 Å². The van der Waals surface area contributed by atoms with Crippen LogP contribution in [-0.4, -0.2) is 64.8 Å². The monoisotopic (exact) mass is 423 g/mol. The van der Waals surface area contributed by atoms with Gasteiger partial charge in [-0.1, -0.05) is 17.3 Å². The summed E-state index contributed by atoms with van der Waals surface area (Å²) in [5.41, 5.74) is -0.456. The molecule has 1 aliphatic rings. The zero-order valence-corrected chi connectivity index (χ0v) is 16.7. The molecule has 0 bridgehead atoms. The number of piperazine rings is 1. The van der Waals surface area contributed by atoms with Gasteiger partial charge in [0.15, 0.2) is 10.7 Å². The van der Waals surface area contributed by atoms with E-state index in [1.54, 1.807) is 11.8 Å². The lowest BCUT2D eigenvalue weighted by atomic mass is 10.2. The maximum atomic E-state index is 12.8. The van der Waals surface area contributed by atoms with E-state index >= 15 is 0 Å². The van der Waals surface area contributed by atoms with Crippen molar-refractivity contribution in [1.29, 1.82) is 0 Å². The van der Waals surface area contributed by atoms with Crippen LogP contribution in [0.3, 0.4) is 0 Å². The van der Waals surface area contributed by atoms with Gasteiger partial charge in [-0.15, -0.1) is 0 Å². The van der Waals surface area contributed by atoms with Crippen molar-refractivity contribution < 1.29 is 22.7 Å². The quantitative estimate of drug-likeness (QED) is 0.477. The van der Waals surface area contributed by atoms with Gasteiger partial charge in [-0.25, -0.2) is 8.42 Å². The largest absolute Gasteiger partial charge is 0.340 e. The van der Waals surface area contributed by atoms with E-state index in [2.05, 4.69) is 10.1 Å². The van der Waals surface area contributed by atoms with Crippen LogP contribution in [0.4, 0.5) is 5.69 Å². The van der Waals surface area contributed by atoms with Crippen LogP contribution >= 0.6 is 0 Å². The number of aromatic nitrogens is 2. The Kier molecular flexibility index (Phi) is 6.23. The highest BCUT2D eigenvalue weighted by atomic mass is 32.2. The lowest BCUT2D eigenvalue weighted by Gasteiger charge is -2.34. The number of nitro benzene ring substituents is 1. The Bertz CT molecular complexity index is 997. The van der Waals surface area contributed by atoms with E-state index in [9.17, 15) is 23.3 Å². The zero-order chi connectivity index (χ0) is 21.0. The third-order valence-corrected chi connectivity index (χ3v) is 6.57. The molecule has 0 saturated carbocycles. The molecule has 3 rings (SSSR count). The van der Waals surface area contributed by atoms with Crippen molar-refractivity contribution in [2.24, 2.45) is 0 Å². The van der Waals surface area contributed by atoms with Gasteiger partial charge in [-0.05, 0) is 19.4 Å². The summed E-state index contributed by atoms with van der Waals surface area (Å²) in [6, 6.07) is 5.26. The second kappa shape index (κ2) is 8.66. The molecule has 2 heterocycles. The molecule has 1 fully saturated rings. The predicted molar refractivity (Wildman–Crippen MR) is 100 cm³/mol. The number of hydrogen-bond acceptors (Lipinski definition) is 8. The van der Waals surface area contributed by atoms with E-state index in [0.29, 0.717) is 31.0 Å². The Labute approximate surface area is 167 Å². The Balaban J connectivity index is 1.55. The number of rotatable bonds is 7. The zero-order valence-electron chi connectivity index (χ0n) is 15.9. The Morgan fingerprint density at radius 2 is 1.93 bits per heavy atom. The average Bonchev–Trinajstić information content (AvgIpc) is 3.13. The van der Waals surface area contributed by atoms with Crippen LogP contribution in [0, 0.1) is 17.0 Å². The number of amides is 1. The Morgan fingerprint density at radius 1 is 1.24 bits per heavy atom. The highest BCUT2D eigenvalue weighted by Crippen LogP contribution is 2.27. The summed E-state index contributed by atoms with van der Waals surface area (Å²) in [4.78, 5) is 28.2. The van der Waals surface area contributed by atoms with E-state index in [0.717, 1.165) is 6.07 Å². The molecule has 1 aromatic carbocycles. The fraction of sp³-hybridized carbons (Fsp3) is 0.471. The summed E-state index contributed by atoms with van der Waals surface area (Å²) in [7, 11) is -4.01. The molecule has 1 amide bonds. The number of hydrogen-bond donors (Lipinski definition) is 0. The molecule has 0 unspecified atom stereocenters. The van der Waals surface area contributed by atoms with Crippen LogP contribution in [0.5, 0.6) is 0 Å². The average molecular weight is 423 g/mol. The minimum atomic E-state index is -4.01. The van der Waals surface area contributed by atoms with Gasteiger partial charge in [0.05, 0.1) is 4.92 Å². The Morgan fingerprint density at radius 3 is 2.55 bits per heavy atom. The van der Waals surface area contributed by atoms with Gasteiger partial charge in [0.1, 0.15) is 0 Å². The van der Waals surface area contributed by atoms with Gasteiger partial charge in [-0.3, -0.25) is 14.9 Å². The number of carbonyl (C=O) groups is 1. The van der Waals surface area contributed by atoms with Crippen molar-refractivity contribution in [2.45, 2.75) is 31.1 Å². The first-order valence-corrected chi connectivity index (χ1v) is 10.5. The Hall–Kier alpha value is -2.86. The van der Waals surface area contributed by atoms with Crippen molar-refractivity contribution in [3.05, 3.63) is 46.1 Å². The number of benzene rings is 1. The third-order valence-electron chi connectivity index (χ3n) is 4.62. The molecule has 2 aromatic rings. The second-order valence-corrected chi connectivity index (χ2v) is 8.50. The van der Waals surface area contributed by atoms with Gasteiger partial charge in [-0.2, -0.15) is 9.29 Å². The van der Waals surface area contributed by atoms with E-state index in [1.807, 2.05) is 0 Å². The number of aryl methyl sites for hydroxylation is 2. The van der Waals surface area contributed by atoms with Crippen molar-refractivity contribution in [3.63, 3.8) is 0 Å². The van der Waals surface area contributed by atoms with Crippen LogP contribution in [0.2, 0.25) is 0 Å². The summed E-state index contributed by atoms with van der Waals surface area (Å²) in [5, 5.41) is 14.8. The first-order chi connectivity index (χ1) is 13.8. The molecule has 0 aliphatic carbocycles. The standard InChI is InChI=1S/C17H21N5O6S/c1-13-18-16(28-19-13)7-4-8-17(23)20-9-11-21(12-10-20)29(26,27)15-6-3-2-5-14(15)22(24)25/h2-3,5-6H,4,7-12H2,1H3. The molecule has 29 heavy (non-hydrogen) atoms. The summed E-state index contributed by atoms with van der Waals surface area (Å²) in [5.74, 6) is 0.946. The fourth-order valence-electron chi connectivity index (χ4n) is 3.13. The summed E-state index contributed by atoms with van der Waals surface area (Å²) >= 11 is 0. The van der Waals surface area contributed by atoms with Crippen LogP contribution in [-0.2, 0) is 21.2 Å². The van der Waals surface area contributed by atoms with E-state index in [4.69, 9.17) is 4.52 Å². The maximum absolute atomic E-state index is 12.8. The topological polar surface area (TPSA) is 140 Å². The predicted octanol–water partition coefficient (Wildman–Crippen LogP) is 1.14. The smallest absolute Gasteiger partial charge is 0.289 e. The normalized spacial score (nSPS) is 15.4. The summed E-state index contributed by atoms with van der Waals surface area (Å²) in [6.45, 7) is 2.36. The number of carbonyl (C=O) groups excluding carboxylic acids is 1. The minimum absolute atomic E-state index is 0.0797.